The molecule has 0 bridgehead atoms. The van der Waals surface area contributed by atoms with Crippen molar-refractivity contribution in [2.45, 2.75) is 10.8 Å². The fraction of sp³-hybridized carbons (Fsp3) is 0.0769. The lowest BCUT2D eigenvalue weighted by molar-refractivity contribution is 0.415. The number of fused-ring (bicyclic) bond motifs is 1. The maximum atomic E-state index is 6.38. The van der Waals surface area contributed by atoms with E-state index in [9.17, 15) is 0 Å². The van der Waals surface area contributed by atoms with Crippen molar-refractivity contribution in [3.63, 3.8) is 0 Å². The first-order valence-corrected chi connectivity index (χ1v) is 11.5. The van der Waals surface area contributed by atoms with Gasteiger partial charge in [-0.05, 0) is 41.5 Å². The molecule has 0 spiro atoms. The molecule has 4 nitrogen and oxygen atoms in total. The average Bonchev–Trinajstić information content (AvgIpc) is 3.24. The van der Waals surface area contributed by atoms with Crippen LogP contribution in [0.15, 0.2) is 96.4 Å². The highest BCUT2D eigenvalue weighted by Gasteiger charge is 2.18. The van der Waals surface area contributed by atoms with Gasteiger partial charge in [0.15, 0.2) is 0 Å². The van der Waals surface area contributed by atoms with E-state index in [-0.39, 0.29) is 0 Å². The molecular weight excluding hydrogens is 438 g/mol. The second-order valence-corrected chi connectivity index (χ2v) is 8.61. The van der Waals surface area contributed by atoms with E-state index < -0.39 is 0 Å². The number of rotatable bonds is 6. The number of thioether (sulfide) groups is 1. The molecule has 0 atom stereocenters. The fourth-order valence-electron chi connectivity index (χ4n) is 3.68. The molecule has 32 heavy (non-hydrogen) atoms. The number of benzene rings is 3. The average molecular weight is 458 g/mol. The summed E-state index contributed by atoms with van der Waals surface area (Å²) in [4.78, 5) is 9.31. The molecule has 6 heteroatoms. The van der Waals surface area contributed by atoms with Crippen LogP contribution >= 0.6 is 23.4 Å². The first-order chi connectivity index (χ1) is 15.7. The smallest absolute Gasteiger partial charge is 0.149 e. The van der Waals surface area contributed by atoms with Crippen LogP contribution in [0.3, 0.4) is 0 Å². The van der Waals surface area contributed by atoms with Gasteiger partial charge in [0.1, 0.15) is 22.7 Å². The van der Waals surface area contributed by atoms with E-state index in [1.165, 1.54) is 0 Å². The molecule has 0 N–H and O–H groups in total. The second-order valence-electron chi connectivity index (χ2n) is 7.23. The van der Waals surface area contributed by atoms with E-state index in [1.807, 2.05) is 66.7 Å². The van der Waals surface area contributed by atoms with Crippen LogP contribution in [0.4, 0.5) is 0 Å². The van der Waals surface area contributed by atoms with Gasteiger partial charge in [0.25, 0.3) is 0 Å². The van der Waals surface area contributed by atoms with E-state index in [1.54, 1.807) is 25.2 Å². The third-order valence-corrected chi connectivity index (χ3v) is 6.71. The summed E-state index contributed by atoms with van der Waals surface area (Å²) in [5, 5.41) is 2.73. The van der Waals surface area contributed by atoms with E-state index in [4.69, 9.17) is 16.3 Å². The van der Waals surface area contributed by atoms with Gasteiger partial charge in [0.2, 0.25) is 0 Å². The van der Waals surface area contributed by atoms with Crippen molar-refractivity contribution < 1.29 is 4.74 Å². The summed E-state index contributed by atoms with van der Waals surface area (Å²) in [6, 6.07) is 26.2. The molecule has 0 fully saturated rings. The molecule has 0 aliphatic heterocycles. The zero-order valence-corrected chi connectivity index (χ0v) is 19.0. The van der Waals surface area contributed by atoms with Gasteiger partial charge in [0, 0.05) is 28.2 Å². The number of ether oxygens (including phenoxy) is 1. The number of methoxy groups -OCH3 is 1. The van der Waals surface area contributed by atoms with Gasteiger partial charge in [-0.15, -0.1) is 11.8 Å². The van der Waals surface area contributed by atoms with Gasteiger partial charge in [-0.2, -0.15) is 0 Å². The molecule has 2 heterocycles. The van der Waals surface area contributed by atoms with Gasteiger partial charge in [-0.3, -0.25) is 0 Å². The molecule has 3 aromatic carbocycles. The lowest BCUT2D eigenvalue weighted by Crippen LogP contribution is -1.95. The highest BCUT2D eigenvalue weighted by Crippen LogP contribution is 2.38. The molecule has 0 saturated heterocycles. The largest absolute Gasteiger partial charge is 0.497 e. The number of hydrogen-bond acceptors (Lipinski definition) is 4. The molecule has 158 valence electrons. The van der Waals surface area contributed by atoms with Crippen molar-refractivity contribution in [1.29, 1.82) is 0 Å². The fourth-order valence-corrected chi connectivity index (χ4v) is 4.97. The second kappa shape index (κ2) is 9.07. The van der Waals surface area contributed by atoms with Crippen LogP contribution in [0.1, 0.15) is 5.56 Å². The van der Waals surface area contributed by atoms with Crippen molar-refractivity contribution in [2.24, 2.45) is 0 Å². The first-order valence-electron chi connectivity index (χ1n) is 10.2. The minimum Gasteiger partial charge on any atom is -0.497 e. The van der Waals surface area contributed by atoms with E-state index >= 15 is 0 Å². The standard InChI is InChI=1S/C26H20ClN3OS/c1-31-21-13-11-20(12-14-21)30-15-22(18-7-3-2-4-8-18)24-25(30)28-17-29-26(24)32-16-19-9-5-6-10-23(19)27/h2-15,17H,16H2,1H3. The van der Waals surface area contributed by atoms with E-state index in [2.05, 4.69) is 32.9 Å². The van der Waals surface area contributed by atoms with E-state index in [0.717, 1.165) is 55.0 Å². The van der Waals surface area contributed by atoms with Gasteiger partial charge < -0.3 is 9.30 Å². The molecule has 0 aliphatic rings. The van der Waals surface area contributed by atoms with Crippen LogP contribution in [0, 0.1) is 0 Å². The molecule has 0 radical (unpaired) electrons. The highest BCUT2D eigenvalue weighted by molar-refractivity contribution is 7.98. The van der Waals surface area contributed by atoms with Crippen LogP contribution in [0.5, 0.6) is 5.75 Å². The van der Waals surface area contributed by atoms with Crippen molar-refractivity contribution in [3.8, 4) is 22.6 Å². The van der Waals surface area contributed by atoms with Crippen molar-refractivity contribution in [1.82, 2.24) is 14.5 Å². The third kappa shape index (κ3) is 3.97. The zero-order chi connectivity index (χ0) is 21.9. The van der Waals surface area contributed by atoms with Crippen LogP contribution in [0.2, 0.25) is 5.02 Å². The van der Waals surface area contributed by atoms with Crippen molar-refractivity contribution in [3.05, 3.63) is 102 Å². The SMILES string of the molecule is COc1ccc(-n2cc(-c3ccccc3)c3c(SCc4ccccc4Cl)ncnc32)cc1. The maximum Gasteiger partial charge on any atom is 0.149 e. The minimum atomic E-state index is 0.730. The molecular formula is C26H20ClN3OS. The monoisotopic (exact) mass is 457 g/mol. The molecule has 0 aliphatic carbocycles. The summed E-state index contributed by atoms with van der Waals surface area (Å²) in [5.74, 6) is 1.55. The van der Waals surface area contributed by atoms with Crippen molar-refractivity contribution in [2.75, 3.05) is 7.11 Å². The first kappa shape index (κ1) is 20.6. The summed E-state index contributed by atoms with van der Waals surface area (Å²) in [7, 11) is 1.67. The van der Waals surface area contributed by atoms with Gasteiger partial charge in [-0.25, -0.2) is 9.97 Å². The Kier molecular flexibility index (Phi) is 5.84. The molecule has 0 amide bonds. The Bertz CT molecular complexity index is 1370. The predicted molar refractivity (Wildman–Crippen MR) is 132 cm³/mol. The Morgan fingerprint density at radius 3 is 2.41 bits per heavy atom. The zero-order valence-electron chi connectivity index (χ0n) is 17.4. The minimum absolute atomic E-state index is 0.730. The summed E-state index contributed by atoms with van der Waals surface area (Å²) >= 11 is 8.06. The van der Waals surface area contributed by atoms with Gasteiger partial charge in [0.05, 0.1) is 12.5 Å². The Balaban J connectivity index is 1.65. The quantitative estimate of drug-likeness (QED) is 0.202. The molecule has 5 rings (SSSR count). The molecule has 5 aromatic rings. The Morgan fingerprint density at radius 1 is 0.906 bits per heavy atom. The molecule has 2 aromatic heterocycles. The predicted octanol–water partition coefficient (Wildman–Crippen LogP) is 7.04. The van der Waals surface area contributed by atoms with Crippen molar-refractivity contribution >= 4 is 34.4 Å². The lowest BCUT2D eigenvalue weighted by atomic mass is 10.1. The van der Waals surface area contributed by atoms with Gasteiger partial charge >= 0.3 is 0 Å². The Hall–Kier alpha value is -3.28. The summed E-state index contributed by atoms with van der Waals surface area (Å²) in [6.45, 7) is 0. The number of hydrogen-bond donors (Lipinski definition) is 0. The van der Waals surface area contributed by atoms with Crippen LogP contribution in [-0.4, -0.2) is 21.6 Å². The third-order valence-electron chi connectivity index (χ3n) is 5.31. The lowest BCUT2D eigenvalue weighted by Gasteiger charge is -2.08. The topological polar surface area (TPSA) is 39.9 Å². The Morgan fingerprint density at radius 2 is 1.66 bits per heavy atom. The Labute approximate surface area is 195 Å². The number of halogens is 1. The maximum absolute atomic E-state index is 6.38. The highest BCUT2D eigenvalue weighted by atomic mass is 35.5. The summed E-state index contributed by atoms with van der Waals surface area (Å²) < 4.78 is 7.43. The number of nitrogens with zero attached hydrogens (tertiary/aromatic N) is 3. The van der Waals surface area contributed by atoms with Crippen LogP contribution in [0.25, 0.3) is 27.8 Å². The normalized spacial score (nSPS) is 11.1. The summed E-state index contributed by atoms with van der Waals surface area (Å²) in [5.41, 5.74) is 5.18. The summed E-state index contributed by atoms with van der Waals surface area (Å²) in [6.07, 6.45) is 3.77. The number of aromatic nitrogens is 3. The van der Waals surface area contributed by atoms with Crippen LogP contribution in [-0.2, 0) is 5.75 Å². The van der Waals surface area contributed by atoms with Gasteiger partial charge in [-0.1, -0.05) is 60.1 Å². The van der Waals surface area contributed by atoms with E-state index in [0.29, 0.717) is 0 Å². The molecule has 0 saturated carbocycles. The van der Waals surface area contributed by atoms with Crippen LogP contribution < -0.4 is 4.74 Å². The molecule has 0 unspecified atom stereocenters.